The highest BCUT2D eigenvalue weighted by molar-refractivity contribution is 5.76. The highest BCUT2D eigenvalue weighted by Gasteiger charge is 2.33. The number of rotatable bonds is 4. The first-order chi connectivity index (χ1) is 7.06. The van der Waals surface area contributed by atoms with E-state index in [-0.39, 0.29) is 5.91 Å². The number of carbonyl (C=O) groups is 1. The summed E-state index contributed by atoms with van der Waals surface area (Å²) < 4.78 is 0. The summed E-state index contributed by atoms with van der Waals surface area (Å²) >= 11 is 0. The van der Waals surface area contributed by atoms with Crippen molar-refractivity contribution in [1.29, 1.82) is 0 Å². The standard InChI is InChI=1S/C11H23N3O/c1-8(2)11-9(6-12)4-3-5-14(11)7-10(13)15/h8-9,11H,3-7,12H2,1-2H3,(H2,13,15)/t9-,11-/m1/s1. The first-order valence-electron chi connectivity index (χ1n) is 5.78. The van der Waals surface area contributed by atoms with Gasteiger partial charge in [-0.05, 0) is 37.8 Å². The second kappa shape index (κ2) is 5.47. The maximum Gasteiger partial charge on any atom is 0.231 e. The van der Waals surface area contributed by atoms with Crippen molar-refractivity contribution >= 4 is 5.91 Å². The zero-order chi connectivity index (χ0) is 11.4. The molecule has 1 saturated heterocycles. The second-order valence-corrected chi connectivity index (χ2v) is 4.81. The number of primary amides is 1. The lowest BCUT2D eigenvalue weighted by Gasteiger charge is -2.42. The summed E-state index contributed by atoms with van der Waals surface area (Å²) in [6, 6.07) is 0.413. The lowest BCUT2D eigenvalue weighted by molar-refractivity contribution is -0.120. The van der Waals surface area contributed by atoms with Crippen LogP contribution in [-0.2, 0) is 4.79 Å². The molecule has 0 saturated carbocycles. The quantitative estimate of drug-likeness (QED) is 0.699. The van der Waals surface area contributed by atoms with Crippen molar-refractivity contribution in [1.82, 2.24) is 4.90 Å². The zero-order valence-electron chi connectivity index (χ0n) is 9.78. The summed E-state index contributed by atoms with van der Waals surface area (Å²) in [5.41, 5.74) is 11.0. The molecular formula is C11H23N3O. The van der Waals surface area contributed by atoms with Crippen molar-refractivity contribution in [3.8, 4) is 0 Å². The van der Waals surface area contributed by atoms with Crippen LogP contribution >= 0.6 is 0 Å². The van der Waals surface area contributed by atoms with Crippen LogP contribution in [0.4, 0.5) is 0 Å². The molecule has 88 valence electrons. The average Bonchev–Trinajstić information content (AvgIpc) is 2.15. The molecule has 0 aliphatic carbocycles. The van der Waals surface area contributed by atoms with Gasteiger partial charge >= 0.3 is 0 Å². The molecule has 0 radical (unpaired) electrons. The predicted molar refractivity (Wildman–Crippen MR) is 61.2 cm³/mol. The molecule has 1 rings (SSSR count). The Hall–Kier alpha value is -0.610. The van der Waals surface area contributed by atoms with Crippen molar-refractivity contribution in [3.05, 3.63) is 0 Å². The van der Waals surface area contributed by atoms with Gasteiger partial charge in [-0.15, -0.1) is 0 Å². The lowest BCUT2D eigenvalue weighted by atomic mass is 9.82. The predicted octanol–water partition coefficient (Wildman–Crippen LogP) is 0.167. The Kier molecular flexibility index (Phi) is 4.54. The van der Waals surface area contributed by atoms with Gasteiger partial charge in [0.25, 0.3) is 0 Å². The molecule has 0 bridgehead atoms. The summed E-state index contributed by atoms with van der Waals surface area (Å²) in [6.45, 7) is 6.43. The normalized spacial score (nSPS) is 28.3. The van der Waals surface area contributed by atoms with E-state index in [1.54, 1.807) is 0 Å². The molecule has 1 heterocycles. The SMILES string of the molecule is CC(C)[C@@H]1[C@@H](CN)CCCN1CC(N)=O. The van der Waals surface area contributed by atoms with Gasteiger partial charge in [-0.2, -0.15) is 0 Å². The van der Waals surface area contributed by atoms with Crippen LogP contribution < -0.4 is 11.5 Å². The van der Waals surface area contributed by atoms with Crippen LogP contribution in [0.5, 0.6) is 0 Å². The number of nitrogens with two attached hydrogens (primary N) is 2. The highest BCUT2D eigenvalue weighted by atomic mass is 16.1. The average molecular weight is 213 g/mol. The monoisotopic (exact) mass is 213 g/mol. The van der Waals surface area contributed by atoms with Crippen molar-refractivity contribution in [2.24, 2.45) is 23.3 Å². The van der Waals surface area contributed by atoms with Crippen LogP contribution in [0.1, 0.15) is 26.7 Å². The van der Waals surface area contributed by atoms with Gasteiger partial charge < -0.3 is 11.5 Å². The first-order valence-corrected chi connectivity index (χ1v) is 5.78. The fraction of sp³-hybridized carbons (Fsp3) is 0.909. The lowest BCUT2D eigenvalue weighted by Crippen LogP contribution is -2.52. The number of amides is 1. The van der Waals surface area contributed by atoms with Gasteiger partial charge in [0.15, 0.2) is 0 Å². The summed E-state index contributed by atoms with van der Waals surface area (Å²) in [4.78, 5) is 13.2. The summed E-state index contributed by atoms with van der Waals surface area (Å²) in [6.07, 6.45) is 2.30. The fourth-order valence-corrected chi connectivity index (χ4v) is 2.78. The third kappa shape index (κ3) is 3.18. The minimum atomic E-state index is -0.238. The van der Waals surface area contributed by atoms with E-state index in [9.17, 15) is 4.79 Å². The number of nitrogens with zero attached hydrogens (tertiary/aromatic N) is 1. The van der Waals surface area contributed by atoms with E-state index < -0.39 is 0 Å². The van der Waals surface area contributed by atoms with Crippen molar-refractivity contribution in [2.45, 2.75) is 32.7 Å². The number of carbonyl (C=O) groups excluding carboxylic acids is 1. The topological polar surface area (TPSA) is 72.3 Å². The number of hydrogen-bond donors (Lipinski definition) is 2. The van der Waals surface area contributed by atoms with Crippen molar-refractivity contribution in [3.63, 3.8) is 0 Å². The van der Waals surface area contributed by atoms with Gasteiger partial charge in [0.1, 0.15) is 0 Å². The summed E-state index contributed by atoms with van der Waals surface area (Å²) in [5.74, 6) is 0.801. The first kappa shape index (κ1) is 12.5. The third-order valence-electron chi connectivity index (χ3n) is 3.27. The molecular weight excluding hydrogens is 190 g/mol. The van der Waals surface area contributed by atoms with Gasteiger partial charge in [0, 0.05) is 6.04 Å². The molecule has 1 fully saturated rings. The molecule has 4 nitrogen and oxygen atoms in total. The molecule has 0 spiro atoms. The van der Waals surface area contributed by atoms with Gasteiger partial charge in [0.05, 0.1) is 6.54 Å². The third-order valence-corrected chi connectivity index (χ3v) is 3.27. The minimum absolute atomic E-state index is 0.238. The largest absolute Gasteiger partial charge is 0.369 e. The molecule has 4 heteroatoms. The van der Waals surface area contributed by atoms with E-state index in [0.717, 1.165) is 13.0 Å². The Balaban J connectivity index is 2.69. The molecule has 1 amide bonds. The second-order valence-electron chi connectivity index (χ2n) is 4.81. The van der Waals surface area contributed by atoms with Crippen LogP contribution in [-0.4, -0.2) is 36.5 Å². The number of likely N-dealkylation sites (tertiary alicyclic amines) is 1. The molecule has 1 aliphatic rings. The Morgan fingerprint density at radius 2 is 2.20 bits per heavy atom. The Bertz CT molecular complexity index is 218. The van der Waals surface area contributed by atoms with Crippen molar-refractivity contribution in [2.75, 3.05) is 19.6 Å². The van der Waals surface area contributed by atoms with E-state index in [1.807, 2.05) is 0 Å². The molecule has 0 aromatic heterocycles. The van der Waals surface area contributed by atoms with E-state index in [0.29, 0.717) is 31.0 Å². The van der Waals surface area contributed by atoms with E-state index in [2.05, 4.69) is 18.7 Å². The maximum absolute atomic E-state index is 11.0. The number of piperidine rings is 1. The Morgan fingerprint density at radius 3 is 2.67 bits per heavy atom. The van der Waals surface area contributed by atoms with E-state index >= 15 is 0 Å². The van der Waals surface area contributed by atoms with Crippen LogP contribution in [0.25, 0.3) is 0 Å². The highest BCUT2D eigenvalue weighted by Crippen LogP contribution is 2.27. The number of hydrogen-bond acceptors (Lipinski definition) is 3. The van der Waals surface area contributed by atoms with Gasteiger partial charge in [-0.25, -0.2) is 0 Å². The molecule has 1 aliphatic heterocycles. The summed E-state index contributed by atoms with van der Waals surface area (Å²) in [5, 5.41) is 0. The minimum Gasteiger partial charge on any atom is -0.369 e. The van der Waals surface area contributed by atoms with Gasteiger partial charge in [-0.3, -0.25) is 9.69 Å². The van der Waals surface area contributed by atoms with Gasteiger partial charge in [-0.1, -0.05) is 13.8 Å². The van der Waals surface area contributed by atoms with Crippen LogP contribution in [0.15, 0.2) is 0 Å². The smallest absolute Gasteiger partial charge is 0.231 e. The van der Waals surface area contributed by atoms with E-state index in [4.69, 9.17) is 11.5 Å². The van der Waals surface area contributed by atoms with Crippen molar-refractivity contribution < 1.29 is 4.79 Å². The molecule has 2 atom stereocenters. The molecule has 4 N–H and O–H groups in total. The molecule has 0 unspecified atom stereocenters. The zero-order valence-corrected chi connectivity index (χ0v) is 9.78. The van der Waals surface area contributed by atoms with Gasteiger partial charge in [0.2, 0.25) is 5.91 Å². The fourth-order valence-electron chi connectivity index (χ4n) is 2.78. The van der Waals surface area contributed by atoms with Crippen LogP contribution in [0.3, 0.4) is 0 Å². The Morgan fingerprint density at radius 1 is 1.53 bits per heavy atom. The van der Waals surface area contributed by atoms with Crippen LogP contribution in [0, 0.1) is 11.8 Å². The maximum atomic E-state index is 11.0. The molecule has 0 aromatic rings. The molecule has 15 heavy (non-hydrogen) atoms. The van der Waals surface area contributed by atoms with E-state index in [1.165, 1.54) is 6.42 Å². The molecule has 0 aromatic carbocycles. The van der Waals surface area contributed by atoms with Crippen LogP contribution in [0.2, 0.25) is 0 Å². The summed E-state index contributed by atoms with van der Waals surface area (Å²) in [7, 11) is 0. The Labute approximate surface area is 92.0 Å².